The minimum absolute atomic E-state index is 0.134. The molecule has 92 valence electrons. The van der Waals surface area contributed by atoms with Crippen LogP contribution in [0, 0.1) is 5.92 Å². The standard InChI is InChI=1S/C11H20N2O3/c1-7(2)5-9-6-13(8(3)10(14)15)11(16)12(9)4/h7-9H,5-6H2,1-4H3,(H,14,15). The molecule has 2 unspecified atom stereocenters. The molecule has 1 saturated heterocycles. The maximum absolute atomic E-state index is 11.8. The van der Waals surface area contributed by atoms with Crippen molar-refractivity contribution in [3.05, 3.63) is 0 Å². The highest BCUT2D eigenvalue weighted by Gasteiger charge is 2.39. The maximum atomic E-state index is 11.8. The van der Waals surface area contributed by atoms with Gasteiger partial charge in [0.05, 0.1) is 6.04 Å². The largest absolute Gasteiger partial charge is 0.480 e. The van der Waals surface area contributed by atoms with Crippen molar-refractivity contribution in [2.24, 2.45) is 5.92 Å². The van der Waals surface area contributed by atoms with E-state index in [1.165, 1.54) is 4.90 Å². The first-order valence-corrected chi connectivity index (χ1v) is 5.60. The van der Waals surface area contributed by atoms with E-state index in [4.69, 9.17) is 5.11 Å². The first kappa shape index (κ1) is 12.8. The lowest BCUT2D eigenvalue weighted by molar-refractivity contribution is -0.141. The van der Waals surface area contributed by atoms with Gasteiger partial charge in [-0.1, -0.05) is 13.8 Å². The number of carbonyl (C=O) groups excluding carboxylic acids is 1. The summed E-state index contributed by atoms with van der Waals surface area (Å²) in [7, 11) is 1.74. The highest BCUT2D eigenvalue weighted by molar-refractivity contribution is 5.84. The number of carboxylic acid groups (broad SMARTS) is 1. The predicted molar refractivity (Wildman–Crippen MR) is 60.2 cm³/mol. The van der Waals surface area contributed by atoms with Crippen LogP contribution in [-0.4, -0.2) is 52.6 Å². The summed E-state index contributed by atoms with van der Waals surface area (Å²) < 4.78 is 0. The number of carboxylic acids is 1. The Balaban J connectivity index is 2.71. The van der Waals surface area contributed by atoms with Gasteiger partial charge < -0.3 is 14.9 Å². The molecule has 1 fully saturated rings. The fraction of sp³-hybridized carbons (Fsp3) is 0.818. The van der Waals surface area contributed by atoms with Crippen molar-refractivity contribution in [1.29, 1.82) is 0 Å². The number of urea groups is 1. The molecule has 1 N–H and O–H groups in total. The van der Waals surface area contributed by atoms with Crippen molar-refractivity contribution in [3.8, 4) is 0 Å². The normalized spacial score (nSPS) is 23.1. The molecular formula is C11H20N2O3. The van der Waals surface area contributed by atoms with Gasteiger partial charge >= 0.3 is 12.0 Å². The number of aliphatic carboxylic acids is 1. The second kappa shape index (κ2) is 4.72. The highest BCUT2D eigenvalue weighted by Crippen LogP contribution is 2.21. The second-order valence-electron chi connectivity index (χ2n) is 4.84. The summed E-state index contributed by atoms with van der Waals surface area (Å²) >= 11 is 0. The van der Waals surface area contributed by atoms with Crippen molar-refractivity contribution < 1.29 is 14.7 Å². The zero-order chi connectivity index (χ0) is 12.5. The summed E-state index contributed by atoms with van der Waals surface area (Å²) in [6.45, 7) is 6.26. The van der Waals surface area contributed by atoms with Crippen LogP contribution >= 0.6 is 0 Å². The topological polar surface area (TPSA) is 60.9 Å². The van der Waals surface area contributed by atoms with Crippen LogP contribution in [0.25, 0.3) is 0 Å². The maximum Gasteiger partial charge on any atom is 0.326 e. The van der Waals surface area contributed by atoms with E-state index in [0.717, 1.165) is 6.42 Å². The van der Waals surface area contributed by atoms with Gasteiger partial charge in [-0.25, -0.2) is 9.59 Å². The van der Waals surface area contributed by atoms with Gasteiger partial charge in [-0.2, -0.15) is 0 Å². The third-order valence-electron chi connectivity index (χ3n) is 3.07. The van der Waals surface area contributed by atoms with Gasteiger partial charge in [0, 0.05) is 13.6 Å². The summed E-state index contributed by atoms with van der Waals surface area (Å²) in [5.74, 6) is -0.452. The lowest BCUT2D eigenvalue weighted by Gasteiger charge is -2.19. The number of hydrogen-bond acceptors (Lipinski definition) is 2. The SMILES string of the molecule is CC(C)CC1CN(C(C)C(=O)O)C(=O)N1C. The average Bonchev–Trinajstić information content (AvgIpc) is 2.44. The fourth-order valence-corrected chi connectivity index (χ4v) is 2.02. The molecule has 5 heteroatoms. The second-order valence-corrected chi connectivity index (χ2v) is 4.84. The molecule has 5 nitrogen and oxygen atoms in total. The first-order chi connectivity index (χ1) is 7.34. The lowest BCUT2D eigenvalue weighted by Crippen LogP contribution is -2.41. The van der Waals surface area contributed by atoms with E-state index in [2.05, 4.69) is 13.8 Å². The van der Waals surface area contributed by atoms with E-state index in [1.807, 2.05) is 0 Å². The van der Waals surface area contributed by atoms with Crippen LogP contribution in [0.4, 0.5) is 4.79 Å². The van der Waals surface area contributed by atoms with Crippen molar-refractivity contribution in [3.63, 3.8) is 0 Å². The first-order valence-electron chi connectivity index (χ1n) is 5.60. The molecule has 1 heterocycles. The molecule has 0 aromatic carbocycles. The third-order valence-corrected chi connectivity index (χ3v) is 3.07. The quantitative estimate of drug-likeness (QED) is 0.787. The van der Waals surface area contributed by atoms with E-state index in [9.17, 15) is 9.59 Å². The lowest BCUT2D eigenvalue weighted by atomic mass is 10.0. The third kappa shape index (κ3) is 2.46. The Hall–Kier alpha value is -1.26. The molecule has 16 heavy (non-hydrogen) atoms. The zero-order valence-corrected chi connectivity index (χ0v) is 10.3. The van der Waals surface area contributed by atoms with Crippen molar-refractivity contribution in [1.82, 2.24) is 9.80 Å². The molecule has 0 spiro atoms. The number of hydrogen-bond donors (Lipinski definition) is 1. The van der Waals surface area contributed by atoms with Gasteiger partial charge in [0.15, 0.2) is 0 Å². The highest BCUT2D eigenvalue weighted by atomic mass is 16.4. The minimum atomic E-state index is -0.952. The molecule has 0 saturated carbocycles. The molecule has 0 bridgehead atoms. The monoisotopic (exact) mass is 228 g/mol. The van der Waals surface area contributed by atoms with Crippen molar-refractivity contribution in [2.75, 3.05) is 13.6 Å². The molecule has 0 aromatic rings. The Bertz CT molecular complexity index is 291. The van der Waals surface area contributed by atoms with Gasteiger partial charge in [0.1, 0.15) is 6.04 Å². The Morgan fingerprint density at radius 2 is 2.06 bits per heavy atom. The summed E-state index contributed by atoms with van der Waals surface area (Å²) in [5.41, 5.74) is 0. The van der Waals surface area contributed by atoms with E-state index in [-0.39, 0.29) is 12.1 Å². The van der Waals surface area contributed by atoms with Crippen LogP contribution in [0.1, 0.15) is 27.2 Å². The van der Waals surface area contributed by atoms with Gasteiger partial charge in [-0.05, 0) is 19.3 Å². The van der Waals surface area contributed by atoms with Crippen LogP contribution in [0.15, 0.2) is 0 Å². The summed E-state index contributed by atoms with van der Waals surface area (Å²) in [4.78, 5) is 25.8. The zero-order valence-electron chi connectivity index (χ0n) is 10.3. The molecule has 1 aliphatic heterocycles. The van der Waals surface area contributed by atoms with Gasteiger partial charge in [0.25, 0.3) is 0 Å². The van der Waals surface area contributed by atoms with Gasteiger partial charge in [-0.3, -0.25) is 0 Å². The summed E-state index contributed by atoms with van der Waals surface area (Å²) in [6, 6.07) is -0.790. The van der Waals surface area contributed by atoms with Crippen molar-refractivity contribution >= 4 is 12.0 Å². The molecule has 0 aliphatic carbocycles. The minimum Gasteiger partial charge on any atom is -0.480 e. The molecular weight excluding hydrogens is 208 g/mol. The van der Waals surface area contributed by atoms with E-state index >= 15 is 0 Å². The number of nitrogens with zero attached hydrogens (tertiary/aromatic N) is 2. The Morgan fingerprint density at radius 3 is 2.50 bits per heavy atom. The molecule has 2 amide bonds. The Morgan fingerprint density at radius 1 is 1.50 bits per heavy atom. The van der Waals surface area contributed by atoms with Crippen LogP contribution in [0.3, 0.4) is 0 Å². The Labute approximate surface area is 96.0 Å². The van der Waals surface area contributed by atoms with Gasteiger partial charge in [0.2, 0.25) is 0 Å². The Kier molecular flexibility index (Phi) is 3.78. The number of rotatable bonds is 4. The van der Waals surface area contributed by atoms with Crippen LogP contribution in [0.5, 0.6) is 0 Å². The summed E-state index contributed by atoms with van der Waals surface area (Å²) in [6.07, 6.45) is 0.908. The van der Waals surface area contributed by atoms with E-state index < -0.39 is 12.0 Å². The molecule has 0 radical (unpaired) electrons. The van der Waals surface area contributed by atoms with Crippen LogP contribution in [-0.2, 0) is 4.79 Å². The molecule has 1 aliphatic rings. The predicted octanol–water partition coefficient (Wildman–Crippen LogP) is 1.24. The smallest absolute Gasteiger partial charge is 0.326 e. The van der Waals surface area contributed by atoms with E-state index in [0.29, 0.717) is 12.5 Å². The van der Waals surface area contributed by atoms with Crippen LogP contribution < -0.4 is 0 Å². The number of carbonyl (C=O) groups is 2. The van der Waals surface area contributed by atoms with Gasteiger partial charge in [-0.15, -0.1) is 0 Å². The fourth-order valence-electron chi connectivity index (χ4n) is 2.02. The molecule has 0 aromatic heterocycles. The number of likely N-dealkylation sites (N-methyl/N-ethyl adjacent to an activating group) is 1. The molecule has 2 atom stereocenters. The van der Waals surface area contributed by atoms with E-state index in [1.54, 1.807) is 18.9 Å². The average molecular weight is 228 g/mol. The summed E-state index contributed by atoms with van der Waals surface area (Å²) in [5, 5.41) is 8.90. The number of amides is 2. The van der Waals surface area contributed by atoms with Crippen LogP contribution in [0.2, 0.25) is 0 Å². The van der Waals surface area contributed by atoms with Crippen molar-refractivity contribution in [2.45, 2.75) is 39.3 Å². The molecule has 1 rings (SSSR count).